The maximum absolute atomic E-state index is 8.91. The molecule has 0 unspecified atom stereocenters. The molecular weight excluding hydrogens is 238 g/mol. The quantitative estimate of drug-likeness (QED) is 0.752. The van der Waals surface area contributed by atoms with Gasteiger partial charge >= 0.3 is 0 Å². The number of pyridine rings is 1. The molecule has 0 spiro atoms. The molecule has 0 atom stereocenters. The fraction of sp³-hybridized carbons (Fsp3) is 0.0714. The topological polar surface area (TPSA) is 80.5 Å². The lowest BCUT2D eigenvalue weighted by atomic mass is 10.1. The molecule has 0 saturated carbocycles. The zero-order chi connectivity index (χ0) is 13.2. The maximum atomic E-state index is 8.91. The number of nitrogens with zero attached hydrogens (tertiary/aromatic N) is 4. The van der Waals surface area contributed by atoms with E-state index in [0.717, 1.165) is 16.7 Å². The van der Waals surface area contributed by atoms with Crippen LogP contribution in [0.15, 0.2) is 42.6 Å². The van der Waals surface area contributed by atoms with Crippen LogP contribution < -0.4 is 5.73 Å². The van der Waals surface area contributed by atoms with E-state index >= 15 is 0 Å². The molecule has 0 aliphatic heterocycles. The van der Waals surface area contributed by atoms with Crippen LogP contribution in [0, 0.1) is 11.3 Å². The average molecular weight is 249 g/mol. The third-order valence-corrected chi connectivity index (χ3v) is 2.93. The Kier molecular flexibility index (Phi) is 2.62. The molecule has 1 aromatic carbocycles. The summed E-state index contributed by atoms with van der Waals surface area (Å²) in [7, 11) is 0. The van der Waals surface area contributed by atoms with E-state index in [1.54, 1.807) is 12.3 Å². The Balaban J connectivity index is 2.06. The Labute approximate surface area is 109 Å². The first-order valence-corrected chi connectivity index (χ1v) is 5.84. The minimum Gasteiger partial charge on any atom is -0.369 e. The van der Waals surface area contributed by atoms with Crippen LogP contribution in [-0.4, -0.2) is 14.5 Å². The van der Waals surface area contributed by atoms with E-state index in [4.69, 9.17) is 11.0 Å². The van der Waals surface area contributed by atoms with Crippen molar-refractivity contribution in [2.24, 2.45) is 0 Å². The average Bonchev–Trinajstić information content (AvgIpc) is 2.76. The second kappa shape index (κ2) is 4.42. The number of fused-ring (bicyclic) bond motifs is 1. The molecule has 92 valence electrons. The maximum Gasteiger partial charge on any atom is 0.202 e. The van der Waals surface area contributed by atoms with Gasteiger partial charge < -0.3 is 5.73 Å². The minimum absolute atomic E-state index is 0.427. The smallest absolute Gasteiger partial charge is 0.202 e. The number of anilines is 1. The first-order chi connectivity index (χ1) is 9.28. The second-order valence-corrected chi connectivity index (χ2v) is 4.21. The molecule has 2 aromatic heterocycles. The molecule has 0 fully saturated rings. The number of nitrogens with two attached hydrogens (primary N) is 1. The van der Waals surface area contributed by atoms with Crippen LogP contribution in [0.2, 0.25) is 0 Å². The number of nitrogen functional groups attached to an aromatic ring is 1. The van der Waals surface area contributed by atoms with Gasteiger partial charge in [0.15, 0.2) is 5.65 Å². The van der Waals surface area contributed by atoms with Crippen LogP contribution in [-0.2, 0) is 6.54 Å². The summed E-state index contributed by atoms with van der Waals surface area (Å²) in [5.41, 5.74) is 9.07. The molecule has 0 saturated heterocycles. The van der Waals surface area contributed by atoms with Crippen molar-refractivity contribution in [3.63, 3.8) is 0 Å². The molecule has 0 amide bonds. The van der Waals surface area contributed by atoms with E-state index < -0.39 is 0 Å². The third kappa shape index (κ3) is 2.00. The van der Waals surface area contributed by atoms with Gasteiger partial charge in [0.05, 0.1) is 18.2 Å². The van der Waals surface area contributed by atoms with Gasteiger partial charge in [-0.25, -0.2) is 9.97 Å². The summed E-state index contributed by atoms with van der Waals surface area (Å²) in [6, 6.07) is 13.3. The van der Waals surface area contributed by atoms with Crippen molar-refractivity contribution in [1.82, 2.24) is 14.5 Å². The van der Waals surface area contributed by atoms with E-state index in [1.807, 2.05) is 34.9 Å². The second-order valence-electron chi connectivity index (χ2n) is 4.21. The zero-order valence-electron chi connectivity index (χ0n) is 10.1. The fourth-order valence-corrected chi connectivity index (χ4v) is 2.05. The first-order valence-electron chi connectivity index (χ1n) is 5.84. The highest BCUT2D eigenvalue weighted by molar-refractivity contribution is 5.73. The summed E-state index contributed by atoms with van der Waals surface area (Å²) in [6.07, 6.45) is 1.71. The normalized spacial score (nSPS) is 10.5. The van der Waals surface area contributed by atoms with Gasteiger partial charge in [-0.2, -0.15) is 5.26 Å². The molecule has 0 radical (unpaired) electrons. The van der Waals surface area contributed by atoms with Crippen LogP contribution in [0.4, 0.5) is 5.95 Å². The predicted octanol–water partition coefficient (Wildman–Crippen LogP) is 1.93. The lowest BCUT2D eigenvalue weighted by molar-refractivity contribution is 0.827. The Morgan fingerprint density at radius 2 is 2.16 bits per heavy atom. The van der Waals surface area contributed by atoms with E-state index in [1.165, 1.54) is 0 Å². The van der Waals surface area contributed by atoms with E-state index in [9.17, 15) is 0 Å². The number of imidazole rings is 1. The molecule has 0 aliphatic carbocycles. The van der Waals surface area contributed by atoms with E-state index in [2.05, 4.69) is 16.0 Å². The van der Waals surface area contributed by atoms with Gasteiger partial charge in [-0.1, -0.05) is 12.1 Å². The monoisotopic (exact) mass is 249 g/mol. The van der Waals surface area contributed by atoms with Gasteiger partial charge in [0.2, 0.25) is 5.95 Å². The highest BCUT2D eigenvalue weighted by atomic mass is 15.2. The van der Waals surface area contributed by atoms with Crippen molar-refractivity contribution >= 4 is 17.1 Å². The summed E-state index contributed by atoms with van der Waals surface area (Å²) in [5, 5.41) is 8.91. The highest BCUT2D eigenvalue weighted by Gasteiger charge is 2.09. The van der Waals surface area contributed by atoms with Gasteiger partial charge in [-0.05, 0) is 29.8 Å². The van der Waals surface area contributed by atoms with Gasteiger partial charge in [0.25, 0.3) is 0 Å². The zero-order valence-corrected chi connectivity index (χ0v) is 10.1. The molecule has 2 N–H and O–H groups in total. The molecule has 19 heavy (non-hydrogen) atoms. The first kappa shape index (κ1) is 11.2. The van der Waals surface area contributed by atoms with Gasteiger partial charge in [0, 0.05) is 6.20 Å². The van der Waals surface area contributed by atoms with Crippen molar-refractivity contribution in [1.29, 1.82) is 5.26 Å². The summed E-state index contributed by atoms with van der Waals surface area (Å²) in [4.78, 5) is 8.56. The van der Waals surface area contributed by atoms with Crippen molar-refractivity contribution in [2.75, 3.05) is 5.73 Å². The Morgan fingerprint density at radius 1 is 1.26 bits per heavy atom. The van der Waals surface area contributed by atoms with Crippen LogP contribution in [0.1, 0.15) is 11.1 Å². The Hall–Kier alpha value is -2.87. The van der Waals surface area contributed by atoms with Crippen LogP contribution in [0.25, 0.3) is 11.2 Å². The van der Waals surface area contributed by atoms with Crippen LogP contribution in [0.3, 0.4) is 0 Å². The number of aromatic nitrogens is 3. The van der Waals surface area contributed by atoms with Gasteiger partial charge in [0.1, 0.15) is 5.52 Å². The lowest BCUT2D eigenvalue weighted by Crippen LogP contribution is -2.05. The predicted molar refractivity (Wildman–Crippen MR) is 72.2 cm³/mol. The number of nitriles is 1. The van der Waals surface area contributed by atoms with Gasteiger partial charge in [-0.15, -0.1) is 0 Å². The van der Waals surface area contributed by atoms with Crippen molar-refractivity contribution < 1.29 is 0 Å². The van der Waals surface area contributed by atoms with Gasteiger partial charge in [-0.3, -0.25) is 4.57 Å². The molecule has 3 aromatic rings. The third-order valence-electron chi connectivity index (χ3n) is 2.93. The van der Waals surface area contributed by atoms with Crippen LogP contribution in [0.5, 0.6) is 0 Å². The number of hydrogen-bond donors (Lipinski definition) is 1. The lowest BCUT2D eigenvalue weighted by Gasteiger charge is -2.06. The highest BCUT2D eigenvalue weighted by Crippen LogP contribution is 2.17. The summed E-state index contributed by atoms with van der Waals surface area (Å²) >= 11 is 0. The Bertz CT molecular complexity index is 782. The molecule has 5 nitrogen and oxygen atoms in total. The van der Waals surface area contributed by atoms with Crippen molar-refractivity contribution in [3.05, 3.63) is 53.7 Å². The molecule has 2 heterocycles. The summed E-state index contributed by atoms with van der Waals surface area (Å²) in [6.45, 7) is 0.550. The van der Waals surface area contributed by atoms with Crippen molar-refractivity contribution in [3.8, 4) is 6.07 Å². The summed E-state index contributed by atoms with van der Waals surface area (Å²) in [5.74, 6) is 0.427. The standard InChI is InChI=1S/C14H11N5/c15-8-10-3-1-4-11(7-10)9-19-13-12(18-14(19)16)5-2-6-17-13/h1-7H,9H2,(H2,16,18). The number of rotatable bonds is 2. The molecule has 0 aliphatic rings. The SMILES string of the molecule is N#Cc1cccc(Cn2c(N)nc3cccnc32)c1. The molecular formula is C14H11N5. The minimum atomic E-state index is 0.427. The fourth-order valence-electron chi connectivity index (χ4n) is 2.05. The Morgan fingerprint density at radius 3 is 3.00 bits per heavy atom. The largest absolute Gasteiger partial charge is 0.369 e. The van der Waals surface area contributed by atoms with Crippen LogP contribution >= 0.6 is 0 Å². The van der Waals surface area contributed by atoms with Crippen molar-refractivity contribution in [2.45, 2.75) is 6.54 Å². The molecule has 5 heteroatoms. The number of benzene rings is 1. The molecule has 3 rings (SSSR count). The molecule has 0 bridgehead atoms. The number of hydrogen-bond acceptors (Lipinski definition) is 4. The van der Waals surface area contributed by atoms with E-state index in [0.29, 0.717) is 18.1 Å². The summed E-state index contributed by atoms with van der Waals surface area (Å²) < 4.78 is 1.84. The van der Waals surface area contributed by atoms with E-state index in [-0.39, 0.29) is 0 Å².